The summed E-state index contributed by atoms with van der Waals surface area (Å²) in [6, 6.07) is 6.76. The highest BCUT2D eigenvalue weighted by molar-refractivity contribution is 5.84. The lowest BCUT2D eigenvalue weighted by Gasteiger charge is -2.21. The first kappa shape index (κ1) is 13.4. The van der Waals surface area contributed by atoms with Crippen LogP contribution in [0.2, 0.25) is 0 Å². The zero-order valence-corrected chi connectivity index (χ0v) is 10.9. The van der Waals surface area contributed by atoms with Gasteiger partial charge >= 0.3 is 0 Å². The number of primary amides is 1. The Labute approximate surface area is 112 Å². The minimum Gasteiger partial charge on any atom is -0.508 e. The molecule has 1 aliphatic heterocycles. The third kappa shape index (κ3) is 2.70. The Bertz CT molecular complexity index is 515. The molecule has 5 heteroatoms. The summed E-state index contributed by atoms with van der Waals surface area (Å²) in [6.45, 7) is 2.67. The quantitative estimate of drug-likeness (QED) is 0.839. The molecule has 1 aromatic carbocycles. The number of hydrogen-bond acceptors (Lipinski definition) is 3. The van der Waals surface area contributed by atoms with Gasteiger partial charge in [-0.3, -0.25) is 9.59 Å². The average Bonchev–Trinajstić information content (AvgIpc) is 2.76. The molecule has 1 heterocycles. The van der Waals surface area contributed by atoms with Crippen LogP contribution in [-0.4, -0.2) is 34.9 Å². The minimum absolute atomic E-state index is 0.0912. The van der Waals surface area contributed by atoms with Gasteiger partial charge < -0.3 is 15.7 Å². The number of phenols is 1. The molecule has 0 aromatic heterocycles. The molecule has 19 heavy (non-hydrogen) atoms. The fraction of sp³-hybridized carbons (Fsp3) is 0.429. The Morgan fingerprint density at radius 1 is 1.42 bits per heavy atom. The first-order valence-corrected chi connectivity index (χ1v) is 6.27. The second-order valence-electron chi connectivity index (χ2n) is 5.30. The largest absolute Gasteiger partial charge is 0.508 e. The molecule has 0 spiro atoms. The second kappa shape index (κ2) is 4.91. The average molecular weight is 262 g/mol. The number of aromatic hydroxyl groups is 1. The van der Waals surface area contributed by atoms with Gasteiger partial charge in [-0.05, 0) is 19.4 Å². The number of carbonyl (C=O) groups excluding carboxylic acids is 2. The number of para-hydroxylation sites is 1. The number of amides is 2. The molecule has 0 aliphatic carbocycles. The van der Waals surface area contributed by atoms with Crippen molar-refractivity contribution in [1.29, 1.82) is 0 Å². The molecule has 0 bridgehead atoms. The highest BCUT2D eigenvalue weighted by atomic mass is 16.3. The Morgan fingerprint density at radius 3 is 2.68 bits per heavy atom. The van der Waals surface area contributed by atoms with Crippen LogP contribution in [0.1, 0.15) is 18.9 Å². The summed E-state index contributed by atoms with van der Waals surface area (Å²) >= 11 is 0. The minimum atomic E-state index is -0.631. The lowest BCUT2D eigenvalue weighted by molar-refractivity contribution is -0.131. The highest BCUT2D eigenvalue weighted by Crippen LogP contribution is 2.30. The Balaban J connectivity index is 2.03. The van der Waals surface area contributed by atoms with Crippen LogP contribution in [0.5, 0.6) is 5.75 Å². The standard InChI is InChI=1S/C14H18N2O3/c1-14(13(15)19)6-7-16(9-14)12(18)8-10-4-2-3-5-11(10)17/h2-5,17H,6-9H2,1H3,(H2,15,19). The number of rotatable bonds is 3. The topological polar surface area (TPSA) is 83.6 Å². The van der Waals surface area contributed by atoms with Crippen molar-refractivity contribution >= 4 is 11.8 Å². The first-order valence-electron chi connectivity index (χ1n) is 6.27. The summed E-state index contributed by atoms with van der Waals surface area (Å²) in [5.74, 6) is -0.343. The van der Waals surface area contributed by atoms with Gasteiger partial charge in [0.05, 0.1) is 11.8 Å². The summed E-state index contributed by atoms with van der Waals surface area (Å²) in [5, 5.41) is 9.65. The van der Waals surface area contributed by atoms with Gasteiger partial charge in [-0.2, -0.15) is 0 Å². The van der Waals surface area contributed by atoms with E-state index >= 15 is 0 Å². The van der Waals surface area contributed by atoms with Crippen LogP contribution in [0.3, 0.4) is 0 Å². The van der Waals surface area contributed by atoms with Gasteiger partial charge in [0.25, 0.3) is 0 Å². The molecule has 1 unspecified atom stereocenters. The highest BCUT2D eigenvalue weighted by Gasteiger charge is 2.40. The molecule has 0 saturated carbocycles. The van der Waals surface area contributed by atoms with Crippen molar-refractivity contribution in [3.05, 3.63) is 29.8 Å². The van der Waals surface area contributed by atoms with E-state index in [0.717, 1.165) is 0 Å². The van der Waals surface area contributed by atoms with Crippen LogP contribution in [0, 0.1) is 5.41 Å². The Kier molecular flexibility index (Phi) is 3.46. The fourth-order valence-electron chi connectivity index (χ4n) is 2.31. The fourth-order valence-corrected chi connectivity index (χ4v) is 2.31. The third-order valence-electron chi connectivity index (χ3n) is 3.75. The predicted octanol–water partition coefficient (Wildman–Crippen LogP) is 0.659. The molecule has 3 N–H and O–H groups in total. The normalized spacial score (nSPS) is 22.5. The zero-order valence-electron chi connectivity index (χ0n) is 10.9. The van der Waals surface area contributed by atoms with E-state index in [0.29, 0.717) is 25.1 Å². The smallest absolute Gasteiger partial charge is 0.227 e. The maximum absolute atomic E-state index is 12.1. The van der Waals surface area contributed by atoms with Gasteiger partial charge in [0.15, 0.2) is 0 Å². The summed E-state index contributed by atoms with van der Waals surface area (Å²) in [7, 11) is 0. The maximum Gasteiger partial charge on any atom is 0.227 e. The summed E-state index contributed by atoms with van der Waals surface area (Å²) < 4.78 is 0. The molecule has 1 saturated heterocycles. The van der Waals surface area contributed by atoms with Crippen LogP contribution < -0.4 is 5.73 Å². The first-order chi connectivity index (χ1) is 8.92. The van der Waals surface area contributed by atoms with Crippen molar-refractivity contribution < 1.29 is 14.7 Å². The van der Waals surface area contributed by atoms with Gasteiger partial charge in [0.1, 0.15) is 5.75 Å². The molecule has 2 rings (SSSR count). The van der Waals surface area contributed by atoms with Crippen molar-refractivity contribution in [2.75, 3.05) is 13.1 Å². The molecular formula is C14H18N2O3. The molecule has 5 nitrogen and oxygen atoms in total. The number of hydrogen-bond donors (Lipinski definition) is 2. The number of likely N-dealkylation sites (tertiary alicyclic amines) is 1. The van der Waals surface area contributed by atoms with E-state index in [9.17, 15) is 14.7 Å². The summed E-state index contributed by atoms with van der Waals surface area (Å²) in [4.78, 5) is 25.1. The van der Waals surface area contributed by atoms with Crippen LogP contribution in [0.15, 0.2) is 24.3 Å². The zero-order chi connectivity index (χ0) is 14.0. The van der Waals surface area contributed by atoms with E-state index in [4.69, 9.17) is 5.73 Å². The lowest BCUT2D eigenvalue weighted by atomic mass is 9.89. The van der Waals surface area contributed by atoms with Crippen molar-refractivity contribution in [1.82, 2.24) is 4.90 Å². The van der Waals surface area contributed by atoms with Gasteiger partial charge in [-0.15, -0.1) is 0 Å². The van der Waals surface area contributed by atoms with Gasteiger partial charge in [0, 0.05) is 18.7 Å². The van der Waals surface area contributed by atoms with E-state index in [1.165, 1.54) is 0 Å². The third-order valence-corrected chi connectivity index (χ3v) is 3.75. The van der Waals surface area contributed by atoms with E-state index < -0.39 is 5.41 Å². The summed E-state index contributed by atoms with van der Waals surface area (Å²) in [6.07, 6.45) is 0.733. The van der Waals surface area contributed by atoms with Crippen molar-refractivity contribution in [3.8, 4) is 5.75 Å². The lowest BCUT2D eigenvalue weighted by Crippen LogP contribution is -2.39. The monoisotopic (exact) mass is 262 g/mol. The van der Waals surface area contributed by atoms with E-state index in [1.807, 2.05) is 0 Å². The van der Waals surface area contributed by atoms with E-state index in [1.54, 1.807) is 36.1 Å². The van der Waals surface area contributed by atoms with Crippen LogP contribution in [0.25, 0.3) is 0 Å². The molecular weight excluding hydrogens is 244 g/mol. The van der Waals surface area contributed by atoms with Crippen LogP contribution in [-0.2, 0) is 16.0 Å². The number of carbonyl (C=O) groups is 2. The maximum atomic E-state index is 12.1. The molecule has 2 amide bonds. The van der Waals surface area contributed by atoms with Crippen molar-refractivity contribution in [3.63, 3.8) is 0 Å². The molecule has 0 radical (unpaired) electrons. The van der Waals surface area contributed by atoms with Gasteiger partial charge in [0.2, 0.25) is 11.8 Å². The van der Waals surface area contributed by atoms with Crippen molar-refractivity contribution in [2.45, 2.75) is 19.8 Å². The molecule has 102 valence electrons. The molecule has 1 atom stereocenters. The predicted molar refractivity (Wildman–Crippen MR) is 70.3 cm³/mol. The van der Waals surface area contributed by atoms with Crippen LogP contribution in [0.4, 0.5) is 0 Å². The Hall–Kier alpha value is -2.04. The van der Waals surface area contributed by atoms with Crippen LogP contribution >= 0.6 is 0 Å². The number of benzene rings is 1. The Morgan fingerprint density at radius 2 is 2.11 bits per heavy atom. The number of nitrogens with two attached hydrogens (primary N) is 1. The molecule has 1 aliphatic rings. The summed E-state index contributed by atoms with van der Waals surface area (Å²) in [5.41, 5.74) is 5.32. The van der Waals surface area contributed by atoms with E-state index in [-0.39, 0.29) is 24.0 Å². The molecule has 1 fully saturated rings. The van der Waals surface area contributed by atoms with Gasteiger partial charge in [-0.25, -0.2) is 0 Å². The second-order valence-corrected chi connectivity index (χ2v) is 5.30. The van der Waals surface area contributed by atoms with Crippen molar-refractivity contribution in [2.24, 2.45) is 11.1 Å². The molecule has 1 aromatic rings. The van der Waals surface area contributed by atoms with E-state index in [2.05, 4.69) is 0 Å². The SMILES string of the molecule is CC1(C(N)=O)CCN(C(=O)Cc2ccccc2O)C1. The number of phenolic OH excluding ortho intramolecular Hbond substituents is 1. The number of nitrogens with zero attached hydrogens (tertiary/aromatic N) is 1. The van der Waals surface area contributed by atoms with Gasteiger partial charge in [-0.1, -0.05) is 18.2 Å².